The van der Waals surface area contributed by atoms with Crippen molar-refractivity contribution >= 4 is 28.7 Å². The summed E-state index contributed by atoms with van der Waals surface area (Å²) < 4.78 is 0. The molecule has 1 aliphatic rings. The standard InChI is InChI=1S/C17H20ClN3O/c1-10-7-12(17(2,3)4)16(22)15(8-10)21-14-6-5-11(18)9-13(14)19-20-21/h5-9,19-20,22H,1-4H3. The lowest BCUT2D eigenvalue weighted by Gasteiger charge is -2.26. The number of rotatable bonds is 1. The summed E-state index contributed by atoms with van der Waals surface area (Å²) in [5, 5.41) is 13.3. The van der Waals surface area contributed by atoms with E-state index in [4.69, 9.17) is 11.6 Å². The van der Waals surface area contributed by atoms with Gasteiger partial charge in [-0.1, -0.05) is 38.4 Å². The zero-order valence-electron chi connectivity index (χ0n) is 13.2. The van der Waals surface area contributed by atoms with Crippen LogP contribution in [-0.4, -0.2) is 5.11 Å². The van der Waals surface area contributed by atoms with Crippen molar-refractivity contribution in [3.05, 3.63) is 46.5 Å². The normalized spacial score (nSPS) is 14.0. The van der Waals surface area contributed by atoms with E-state index >= 15 is 0 Å². The minimum absolute atomic E-state index is 0.138. The van der Waals surface area contributed by atoms with Gasteiger partial charge in [0, 0.05) is 10.6 Å². The van der Waals surface area contributed by atoms with Crippen molar-refractivity contribution in [2.45, 2.75) is 33.1 Å². The van der Waals surface area contributed by atoms with Gasteiger partial charge in [0.15, 0.2) is 0 Å². The molecule has 3 N–H and O–H groups in total. The summed E-state index contributed by atoms with van der Waals surface area (Å²) in [6.45, 7) is 8.31. The van der Waals surface area contributed by atoms with Crippen LogP contribution in [0, 0.1) is 6.92 Å². The fourth-order valence-corrected chi connectivity index (χ4v) is 2.84. The fourth-order valence-electron chi connectivity index (χ4n) is 2.67. The lowest BCUT2D eigenvalue weighted by Crippen LogP contribution is -2.32. The number of nitrogens with one attached hydrogen (secondary N) is 2. The number of hydrogen-bond acceptors (Lipinski definition) is 4. The summed E-state index contributed by atoms with van der Waals surface area (Å²) in [5.41, 5.74) is 10.6. The predicted octanol–water partition coefficient (Wildman–Crippen LogP) is 4.63. The van der Waals surface area contributed by atoms with Crippen LogP contribution in [0.3, 0.4) is 0 Å². The SMILES string of the molecule is Cc1cc(N2NNc3cc(Cl)ccc32)c(O)c(C(C)(C)C)c1. The second kappa shape index (κ2) is 5.07. The molecule has 0 saturated carbocycles. The first kappa shape index (κ1) is 15.0. The molecule has 4 nitrogen and oxygen atoms in total. The van der Waals surface area contributed by atoms with Gasteiger partial charge in [-0.3, -0.25) is 5.01 Å². The maximum absolute atomic E-state index is 10.8. The van der Waals surface area contributed by atoms with Crippen molar-refractivity contribution in [1.82, 2.24) is 5.53 Å². The van der Waals surface area contributed by atoms with Crippen molar-refractivity contribution in [3.8, 4) is 5.75 Å². The predicted molar refractivity (Wildman–Crippen MR) is 91.9 cm³/mol. The van der Waals surface area contributed by atoms with Gasteiger partial charge >= 0.3 is 0 Å². The molecule has 3 rings (SSSR count). The van der Waals surface area contributed by atoms with Gasteiger partial charge in [0.1, 0.15) is 11.4 Å². The molecule has 116 valence electrons. The summed E-state index contributed by atoms with van der Waals surface area (Å²) in [4.78, 5) is 0. The van der Waals surface area contributed by atoms with E-state index < -0.39 is 0 Å². The highest BCUT2D eigenvalue weighted by Crippen LogP contribution is 2.44. The number of halogens is 1. The van der Waals surface area contributed by atoms with E-state index in [-0.39, 0.29) is 11.2 Å². The largest absolute Gasteiger partial charge is 0.505 e. The van der Waals surface area contributed by atoms with Crippen LogP contribution in [0.1, 0.15) is 31.9 Å². The minimum Gasteiger partial charge on any atom is -0.505 e. The zero-order chi connectivity index (χ0) is 16.1. The van der Waals surface area contributed by atoms with Crippen LogP contribution >= 0.6 is 11.6 Å². The molecule has 0 bridgehead atoms. The molecule has 5 heteroatoms. The first-order chi connectivity index (χ1) is 10.3. The number of nitrogens with zero attached hydrogens (tertiary/aromatic N) is 1. The monoisotopic (exact) mass is 317 g/mol. The summed E-state index contributed by atoms with van der Waals surface area (Å²) in [5.74, 6) is 0.287. The Hall–Kier alpha value is -1.91. The number of phenolic OH excluding ortho intramolecular Hbond substituents is 1. The van der Waals surface area contributed by atoms with Gasteiger partial charge in [0.25, 0.3) is 0 Å². The molecule has 0 radical (unpaired) electrons. The van der Waals surface area contributed by atoms with E-state index in [2.05, 4.69) is 31.7 Å². The Labute approximate surface area is 135 Å². The number of phenols is 1. The second-order valence-corrected chi connectivity index (χ2v) is 7.10. The molecule has 0 fully saturated rings. The third kappa shape index (κ3) is 2.49. The molecule has 0 atom stereocenters. The zero-order valence-corrected chi connectivity index (χ0v) is 13.9. The van der Waals surface area contributed by atoms with Gasteiger partial charge in [0.05, 0.1) is 11.4 Å². The van der Waals surface area contributed by atoms with Gasteiger partial charge < -0.3 is 10.5 Å². The van der Waals surface area contributed by atoms with Crippen LogP contribution in [0.2, 0.25) is 5.02 Å². The van der Waals surface area contributed by atoms with E-state index in [0.29, 0.717) is 5.02 Å². The van der Waals surface area contributed by atoms with Crippen LogP contribution in [0.5, 0.6) is 5.75 Å². The molecule has 2 aromatic rings. The van der Waals surface area contributed by atoms with Crippen LogP contribution in [-0.2, 0) is 5.41 Å². The molecular formula is C17H20ClN3O. The topological polar surface area (TPSA) is 47.5 Å². The van der Waals surface area contributed by atoms with Gasteiger partial charge in [-0.05, 0) is 42.2 Å². The highest BCUT2D eigenvalue weighted by molar-refractivity contribution is 6.31. The molecule has 0 unspecified atom stereocenters. The minimum atomic E-state index is -0.138. The summed E-state index contributed by atoms with van der Waals surface area (Å²) in [6, 6.07) is 9.60. The number of hydrazine groups is 2. The molecule has 0 amide bonds. The maximum atomic E-state index is 10.8. The third-order valence-corrected chi connectivity index (χ3v) is 4.02. The van der Waals surface area contributed by atoms with Crippen LogP contribution < -0.4 is 16.0 Å². The van der Waals surface area contributed by atoms with Gasteiger partial charge in [-0.25, -0.2) is 0 Å². The Morgan fingerprint density at radius 1 is 1.09 bits per heavy atom. The van der Waals surface area contributed by atoms with E-state index in [1.165, 1.54) is 0 Å². The van der Waals surface area contributed by atoms with E-state index in [9.17, 15) is 5.11 Å². The first-order valence-corrected chi connectivity index (χ1v) is 7.60. The molecule has 0 aliphatic carbocycles. The fraction of sp³-hybridized carbons (Fsp3) is 0.294. The Kier molecular flexibility index (Phi) is 3.46. The smallest absolute Gasteiger partial charge is 0.144 e. The Balaban J connectivity index is 2.14. The highest BCUT2D eigenvalue weighted by atomic mass is 35.5. The lowest BCUT2D eigenvalue weighted by atomic mass is 9.85. The maximum Gasteiger partial charge on any atom is 0.144 e. The average molecular weight is 318 g/mol. The van der Waals surface area contributed by atoms with Crippen molar-refractivity contribution in [2.75, 3.05) is 10.4 Å². The number of anilines is 3. The molecule has 22 heavy (non-hydrogen) atoms. The summed E-state index contributed by atoms with van der Waals surface area (Å²) in [7, 11) is 0. The first-order valence-electron chi connectivity index (χ1n) is 7.23. The van der Waals surface area contributed by atoms with Crippen LogP contribution in [0.15, 0.2) is 30.3 Å². The van der Waals surface area contributed by atoms with Crippen molar-refractivity contribution in [1.29, 1.82) is 0 Å². The van der Waals surface area contributed by atoms with Crippen molar-refractivity contribution < 1.29 is 5.11 Å². The van der Waals surface area contributed by atoms with E-state index in [1.807, 2.05) is 42.3 Å². The second-order valence-electron chi connectivity index (χ2n) is 6.66. The molecule has 2 aromatic carbocycles. The molecule has 1 heterocycles. The number of aryl methyl sites for hydroxylation is 1. The van der Waals surface area contributed by atoms with Crippen molar-refractivity contribution in [3.63, 3.8) is 0 Å². The molecule has 0 aromatic heterocycles. The average Bonchev–Trinajstić information content (AvgIpc) is 2.82. The molecule has 0 saturated heterocycles. The summed E-state index contributed by atoms with van der Waals surface area (Å²) in [6.07, 6.45) is 0. The summed E-state index contributed by atoms with van der Waals surface area (Å²) >= 11 is 6.02. The number of hydrogen-bond donors (Lipinski definition) is 3. The highest BCUT2D eigenvalue weighted by Gasteiger charge is 2.27. The van der Waals surface area contributed by atoms with E-state index in [0.717, 1.165) is 28.2 Å². The number of aromatic hydroxyl groups is 1. The molecule has 1 aliphatic heterocycles. The number of benzene rings is 2. The third-order valence-electron chi connectivity index (χ3n) is 3.78. The molecular weight excluding hydrogens is 298 g/mol. The Morgan fingerprint density at radius 2 is 1.82 bits per heavy atom. The van der Waals surface area contributed by atoms with E-state index in [1.54, 1.807) is 0 Å². The quantitative estimate of drug-likeness (QED) is 0.717. The Morgan fingerprint density at radius 3 is 2.50 bits per heavy atom. The number of fused-ring (bicyclic) bond motifs is 1. The van der Waals surface area contributed by atoms with Crippen LogP contribution in [0.25, 0.3) is 0 Å². The van der Waals surface area contributed by atoms with Gasteiger partial charge in [-0.15, -0.1) is 5.53 Å². The van der Waals surface area contributed by atoms with Gasteiger partial charge in [-0.2, -0.15) is 0 Å². The Bertz CT molecular complexity index is 737. The lowest BCUT2D eigenvalue weighted by molar-refractivity contribution is 0.446. The van der Waals surface area contributed by atoms with Crippen molar-refractivity contribution in [2.24, 2.45) is 0 Å². The van der Waals surface area contributed by atoms with Gasteiger partial charge in [0.2, 0.25) is 0 Å². The molecule has 0 spiro atoms. The van der Waals surface area contributed by atoms with Crippen LogP contribution in [0.4, 0.5) is 17.1 Å².